The van der Waals surface area contributed by atoms with E-state index in [1.54, 1.807) is 6.20 Å². The number of rotatable bonds is 5. The van der Waals surface area contributed by atoms with Crippen molar-refractivity contribution in [1.82, 2.24) is 14.8 Å². The Morgan fingerprint density at radius 1 is 1.15 bits per heavy atom. The quantitative estimate of drug-likeness (QED) is 0.831. The highest BCUT2D eigenvalue weighted by molar-refractivity contribution is 5.84. The van der Waals surface area contributed by atoms with E-state index in [1.807, 2.05) is 47.5 Å². The third-order valence-corrected chi connectivity index (χ3v) is 5.22. The Bertz CT molecular complexity index is 736. The number of likely N-dealkylation sites (tertiary alicyclic amines) is 2. The second kappa shape index (κ2) is 7.46. The Labute approximate surface area is 154 Å². The lowest BCUT2D eigenvalue weighted by molar-refractivity contribution is -0.146. The maximum Gasteiger partial charge on any atom is 0.244 e. The van der Waals surface area contributed by atoms with Gasteiger partial charge in [0.1, 0.15) is 17.9 Å². The molecule has 0 saturated carbocycles. The van der Waals surface area contributed by atoms with Gasteiger partial charge in [-0.05, 0) is 56.6 Å². The van der Waals surface area contributed by atoms with Gasteiger partial charge < -0.3 is 9.64 Å². The zero-order valence-electron chi connectivity index (χ0n) is 15.2. The van der Waals surface area contributed by atoms with Crippen LogP contribution in [0.3, 0.4) is 0 Å². The fourth-order valence-electron chi connectivity index (χ4n) is 3.72. The summed E-state index contributed by atoms with van der Waals surface area (Å²) in [5.74, 6) is 1.04. The fraction of sp³-hybridized carbons (Fsp3) is 0.429. The van der Waals surface area contributed by atoms with E-state index < -0.39 is 0 Å². The van der Waals surface area contributed by atoms with Crippen LogP contribution in [0.2, 0.25) is 0 Å². The van der Waals surface area contributed by atoms with Crippen molar-refractivity contribution < 1.29 is 9.53 Å². The second-order valence-corrected chi connectivity index (χ2v) is 7.23. The lowest BCUT2D eigenvalue weighted by Crippen LogP contribution is -2.58. The molecule has 1 aromatic heterocycles. The summed E-state index contributed by atoms with van der Waals surface area (Å²) in [6, 6.07) is 11.8. The van der Waals surface area contributed by atoms with Crippen molar-refractivity contribution in [2.24, 2.45) is 0 Å². The van der Waals surface area contributed by atoms with E-state index in [-0.39, 0.29) is 18.1 Å². The predicted molar refractivity (Wildman–Crippen MR) is 100.0 cm³/mol. The van der Waals surface area contributed by atoms with Crippen LogP contribution in [-0.2, 0) is 4.79 Å². The number of ether oxygens (including phenoxy) is 1. The Balaban J connectivity index is 1.40. The summed E-state index contributed by atoms with van der Waals surface area (Å²) < 4.78 is 5.98. The standard InChI is InChI=1S/C21H25N3O2/c1-16-6-8-18(9-7-16)26-19-14-24(15-19)21(25)20(23-11-2-3-12-23)17-5-4-10-22-13-17/h4-10,13,19-20H,2-3,11-12,14-15H2,1H3/t20-/m1/s1. The van der Waals surface area contributed by atoms with Crippen LogP contribution in [-0.4, -0.2) is 53.0 Å². The maximum atomic E-state index is 13.2. The maximum absolute atomic E-state index is 13.2. The molecule has 2 fully saturated rings. The van der Waals surface area contributed by atoms with Gasteiger partial charge in [-0.2, -0.15) is 0 Å². The van der Waals surface area contributed by atoms with Crippen molar-refractivity contribution in [1.29, 1.82) is 0 Å². The molecule has 26 heavy (non-hydrogen) atoms. The number of hydrogen-bond donors (Lipinski definition) is 0. The molecule has 0 radical (unpaired) electrons. The van der Waals surface area contributed by atoms with Crippen molar-refractivity contribution in [2.75, 3.05) is 26.2 Å². The Kier molecular flexibility index (Phi) is 4.89. The lowest BCUT2D eigenvalue weighted by Gasteiger charge is -2.42. The van der Waals surface area contributed by atoms with Crippen molar-refractivity contribution in [3.63, 3.8) is 0 Å². The van der Waals surface area contributed by atoms with E-state index in [9.17, 15) is 4.79 Å². The van der Waals surface area contributed by atoms with Crippen LogP contribution in [0, 0.1) is 6.92 Å². The summed E-state index contributed by atoms with van der Waals surface area (Å²) in [5, 5.41) is 0. The minimum Gasteiger partial charge on any atom is -0.487 e. The molecule has 0 aliphatic carbocycles. The molecule has 3 heterocycles. The van der Waals surface area contributed by atoms with Crippen LogP contribution >= 0.6 is 0 Å². The summed E-state index contributed by atoms with van der Waals surface area (Å²) in [5.41, 5.74) is 2.20. The first kappa shape index (κ1) is 17.0. The SMILES string of the molecule is Cc1ccc(OC2CN(C(=O)[C@@H](c3cccnc3)N3CCCC3)C2)cc1. The molecule has 4 rings (SSSR count). The number of amides is 1. The van der Waals surface area contributed by atoms with Gasteiger partial charge in [-0.25, -0.2) is 0 Å². The number of aromatic nitrogens is 1. The molecule has 2 saturated heterocycles. The number of nitrogens with zero attached hydrogens (tertiary/aromatic N) is 3. The molecule has 0 N–H and O–H groups in total. The van der Waals surface area contributed by atoms with Crippen molar-refractivity contribution in [3.05, 3.63) is 59.9 Å². The number of carbonyl (C=O) groups is 1. The minimum absolute atomic E-state index is 0.0785. The largest absolute Gasteiger partial charge is 0.487 e. The average molecular weight is 351 g/mol. The Hall–Kier alpha value is -2.40. The Morgan fingerprint density at radius 2 is 1.88 bits per heavy atom. The molecule has 1 aromatic carbocycles. The fourth-order valence-corrected chi connectivity index (χ4v) is 3.72. The predicted octanol–water partition coefficient (Wildman–Crippen LogP) is 2.82. The summed E-state index contributed by atoms with van der Waals surface area (Å²) in [6.45, 7) is 5.31. The normalized spacial score (nSPS) is 19.2. The number of benzene rings is 1. The average Bonchev–Trinajstić information content (AvgIpc) is 3.14. The van der Waals surface area contributed by atoms with Crippen molar-refractivity contribution >= 4 is 5.91 Å². The van der Waals surface area contributed by atoms with Gasteiger partial charge in [0.15, 0.2) is 0 Å². The third kappa shape index (κ3) is 3.58. The number of pyridine rings is 1. The molecule has 5 heteroatoms. The first-order chi connectivity index (χ1) is 12.7. The van der Waals surface area contributed by atoms with Crippen molar-refractivity contribution in [2.45, 2.75) is 31.9 Å². The second-order valence-electron chi connectivity index (χ2n) is 7.23. The third-order valence-electron chi connectivity index (χ3n) is 5.22. The van der Waals surface area contributed by atoms with Crippen LogP contribution in [0.1, 0.15) is 30.0 Å². The molecule has 2 aliphatic heterocycles. The zero-order chi connectivity index (χ0) is 17.9. The monoisotopic (exact) mass is 351 g/mol. The highest BCUT2D eigenvalue weighted by atomic mass is 16.5. The molecule has 0 spiro atoms. The van der Waals surface area contributed by atoms with E-state index in [4.69, 9.17) is 4.74 Å². The summed E-state index contributed by atoms with van der Waals surface area (Å²) >= 11 is 0. The van der Waals surface area contributed by atoms with E-state index in [0.717, 1.165) is 37.2 Å². The topological polar surface area (TPSA) is 45.7 Å². The molecular formula is C21H25N3O2. The summed E-state index contributed by atoms with van der Waals surface area (Å²) in [7, 11) is 0. The van der Waals surface area contributed by atoms with E-state index >= 15 is 0 Å². The van der Waals surface area contributed by atoms with Crippen LogP contribution in [0.15, 0.2) is 48.8 Å². The molecule has 5 nitrogen and oxygen atoms in total. The summed E-state index contributed by atoms with van der Waals surface area (Å²) in [6.07, 6.45) is 5.96. The van der Waals surface area contributed by atoms with E-state index in [2.05, 4.69) is 16.8 Å². The molecular weight excluding hydrogens is 326 g/mol. The zero-order valence-corrected chi connectivity index (χ0v) is 15.2. The number of carbonyl (C=O) groups excluding carboxylic acids is 1. The van der Waals surface area contributed by atoms with Crippen LogP contribution < -0.4 is 4.74 Å². The van der Waals surface area contributed by atoms with E-state index in [0.29, 0.717) is 13.1 Å². The minimum atomic E-state index is -0.216. The number of hydrogen-bond acceptors (Lipinski definition) is 4. The van der Waals surface area contributed by atoms with Gasteiger partial charge in [-0.3, -0.25) is 14.7 Å². The van der Waals surface area contributed by atoms with Gasteiger partial charge in [0.05, 0.1) is 13.1 Å². The lowest BCUT2D eigenvalue weighted by atomic mass is 10.0. The molecule has 0 bridgehead atoms. The van der Waals surface area contributed by atoms with Crippen LogP contribution in [0.4, 0.5) is 0 Å². The first-order valence-corrected chi connectivity index (χ1v) is 9.37. The van der Waals surface area contributed by atoms with E-state index in [1.165, 1.54) is 5.56 Å². The van der Waals surface area contributed by atoms with Gasteiger partial charge in [-0.15, -0.1) is 0 Å². The van der Waals surface area contributed by atoms with Crippen molar-refractivity contribution in [3.8, 4) is 5.75 Å². The van der Waals surface area contributed by atoms with Gasteiger partial charge in [0.2, 0.25) is 5.91 Å². The van der Waals surface area contributed by atoms with Crippen LogP contribution in [0.5, 0.6) is 5.75 Å². The van der Waals surface area contributed by atoms with Gasteiger partial charge in [-0.1, -0.05) is 23.8 Å². The molecule has 2 aliphatic rings. The molecule has 1 atom stereocenters. The molecule has 1 amide bonds. The highest BCUT2D eigenvalue weighted by Crippen LogP contribution is 2.29. The highest BCUT2D eigenvalue weighted by Gasteiger charge is 2.39. The van der Waals surface area contributed by atoms with Gasteiger partial charge in [0.25, 0.3) is 0 Å². The first-order valence-electron chi connectivity index (χ1n) is 9.37. The van der Waals surface area contributed by atoms with Crippen LogP contribution in [0.25, 0.3) is 0 Å². The molecule has 0 unspecified atom stereocenters. The molecule has 136 valence electrons. The summed E-state index contributed by atoms with van der Waals surface area (Å²) in [4.78, 5) is 21.6. The Morgan fingerprint density at radius 3 is 2.54 bits per heavy atom. The number of aryl methyl sites for hydroxylation is 1. The van der Waals surface area contributed by atoms with Gasteiger partial charge >= 0.3 is 0 Å². The van der Waals surface area contributed by atoms with Gasteiger partial charge in [0, 0.05) is 12.4 Å². The molecule has 2 aromatic rings. The smallest absolute Gasteiger partial charge is 0.244 e.